The number of amides is 2. The van der Waals surface area contributed by atoms with Gasteiger partial charge in [-0.05, 0) is 88.8 Å². The van der Waals surface area contributed by atoms with Crippen LogP contribution in [-0.4, -0.2) is 58.7 Å². The van der Waals surface area contributed by atoms with Crippen molar-refractivity contribution in [3.05, 3.63) is 120 Å². The predicted octanol–water partition coefficient (Wildman–Crippen LogP) is 7.93. The number of ether oxygens (including phenoxy) is 4. The fraction of sp³-hybridized carbons (Fsp3) is 0.400. The number of carbonyl (C=O) groups excluding carboxylic acids is 2. The lowest BCUT2D eigenvalue weighted by atomic mass is 10.1. The van der Waals surface area contributed by atoms with E-state index < -0.39 is 11.2 Å². The lowest BCUT2D eigenvalue weighted by molar-refractivity contribution is 0.0512. The van der Waals surface area contributed by atoms with Crippen molar-refractivity contribution in [3.8, 4) is 0 Å². The third kappa shape index (κ3) is 10.1. The zero-order valence-corrected chi connectivity index (χ0v) is 29.9. The first kappa shape index (κ1) is 36.5. The van der Waals surface area contributed by atoms with Gasteiger partial charge in [0, 0.05) is 12.4 Å². The Balaban J connectivity index is 0.000000194. The number of pyridine rings is 2. The highest BCUT2D eigenvalue weighted by Gasteiger charge is 2.38. The van der Waals surface area contributed by atoms with Crippen LogP contribution < -0.4 is 9.80 Å². The van der Waals surface area contributed by atoms with E-state index in [9.17, 15) is 9.59 Å². The van der Waals surface area contributed by atoms with E-state index in [1.807, 2.05) is 114 Å². The summed E-state index contributed by atoms with van der Waals surface area (Å²) in [4.78, 5) is 37.0. The van der Waals surface area contributed by atoms with Crippen LogP contribution >= 0.6 is 0 Å². The number of rotatable bonds is 8. The number of hydrogen-bond acceptors (Lipinski definition) is 8. The molecule has 0 radical (unpaired) electrons. The second kappa shape index (κ2) is 16.3. The molecule has 0 saturated carbocycles. The van der Waals surface area contributed by atoms with E-state index in [1.54, 1.807) is 34.6 Å². The summed E-state index contributed by atoms with van der Waals surface area (Å²) in [5.41, 5.74) is 4.94. The smallest absolute Gasteiger partial charge is 0.415 e. The van der Waals surface area contributed by atoms with Crippen LogP contribution in [0, 0.1) is 0 Å². The van der Waals surface area contributed by atoms with Gasteiger partial charge >= 0.3 is 12.2 Å². The van der Waals surface area contributed by atoms with Crippen molar-refractivity contribution in [2.45, 2.75) is 90.9 Å². The molecule has 2 aromatic carbocycles. The summed E-state index contributed by atoms with van der Waals surface area (Å²) < 4.78 is 22.9. The topological polar surface area (TPSA) is 103 Å². The molecule has 4 heterocycles. The van der Waals surface area contributed by atoms with Crippen molar-refractivity contribution in [1.29, 1.82) is 0 Å². The predicted molar refractivity (Wildman–Crippen MR) is 193 cm³/mol. The van der Waals surface area contributed by atoms with E-state index in [4.69, 9.17) is 18.9 Å². The van der Waals surface area contributed by atoms with Crippen LogP contribution in [0.2, 0.25) is 0 Å². The molecule has 0 fully saturated rings. The third-order valence-corrected chi connectivity index (χ3v) is 7.96. The normalized spacial score (nSPS) is 16.6. The Labute approximate surface area is 295 Å². The summed E-state index contributed by atoms with van der Waals surface area (Å²) in [6.45, 7) is 13.1. The summed E-state index contributed by atoms with van der Waals surface area (Å²) in [6, 6.07) is 23.7. The first-order chi connectivity index (χ1) is 23.9. The molecule has 4 aromatic rings. The second-order valence-electron chi connectivity index (χ2n) is 14.4. The summed E-state index contributed by atoms with van der Waals surface area (Å²) in [5.74, 6) is 0. The number of carbonyl (C=O) groups is 2. The van der Waals surface area contributed by atoms with Gasteiger partial charge in [-0.15, -0.1) is 0 Å². The van der Waals surface area contributed by atoms with Gasteiger partial charge in [-0.25, -0.2) is 9.59 Å². The standard InChI is InChI=1S/2C20H24N2O3/c2*1-20(2,3)25-19(23)22-17(11-16-9-10-21-12-18(16)22)14-24-13-15-7-5-4-6-8-15/h2*4-10,12,17H,11,13-14H2,1-3H3/t2*17-/m10/s1. The number of benzene rings is 2. The molecule has 50 heavy (non-hydrogen) atoms. The Morgan fingerprint density at radius 1 is 0.620 bits per heavy atom. The fourth-order valence-electron chi connectivity index (χ4n) is 5.85. The van der Waals surface area contributed by atoms with Crippen molar-refractivity contribution in [1.82, 2.24) is 9.97 Å². The van der Waals surface area contributed by atoms with Crippen LogP contribution in [0.4, 0.5) is 21.0 Å². The number of anilines is 2. The lowest BCUT2D eigenvalue weighted by Crippen LogP contribution is -2.43. The van der Waals surface area contributed by atoms with E-state index in [0.29, 0.717) is 26.4 Å². The van der Waals surface area contributed by atoms with Gasteiger partial charge in [0.25, 0.3) is 0 Å². The Morgan fingerprint density at radius 2 is 1.00 bits per heavy atom. The molecule has 0 saturated heterocycles. The second-order valence-corrected chi connectivity index (χ2v) is 14.4. The van der Waals surface area contributed by atoms with Crippen molar-refractivity contribution >= 4 is 23.6 Å². The minimum Gasteiger partial charge on any atom is -0.443 e. The maximum Gasteiger partial charge on any atom is 0.415 e. The molecule has 10 nitrogen and oxygen atoms in total. The number of nitrogens with zero attached hydrogens (tertiary/aromatic N) is 4. The molecule has 2 aliphatic heterocycles. The van der Waals surface area contributed by atoms with Crippen molar-refractivity contribution in [3.63, 3.8) is 0 Å². The molecule has 2 aromatic heterocycles. The van der Waals surface area contributed by atoms with Crippen molar-refractivity contribution in [2.75, 3.05) is 23.0 Å². The first-order valence-electron chi connectivity index (χ1n) is 17.0. The van der Waals surface area contributed by atoms with E-state index >= 15 is 0 Å². The molecule has 0 aliphatic carbocycles. The summed E-state index contributed by atoms with van der Waals surface area (Å²) in [7, 11) is 0. The SMILES string of the molecule is CC(C)(C)OC(=O)N1c2cnccc2C[C@@H]1COCc1ccccc1.CC(C)(C)OC(=O)N1c2cnccc2C[C@H]1COCc1ccccc1. The first-order valence-corrected chi connectivity index (χ1v) is 17.0. The van der Waals surface area contributed by atoms with Gasteiger partial charge in [0.15, 0.2) is 0 Å². The summed E-state index contributed by atoms with van der Waals surface area (Å²) in [6.07, 6.45) is 7.71. The highest BCUT2D eigenvalue weighted by molar-refractivity contribution is 5.92. The number of aromatic nitrogens is 2. The lowest BCUT2D eigenvalue weighted by Gasteiger charge is -2.29. The number of hydrogen-bond donors (Lipinski definition) is 0. The molecule has 0 bridgehead atoms. The number of fused-ring (bicyclic) bond motifs is 2. The van der Waals surface area contributed by atoms with Crippen LogP contribution in [0.5, 0.6) is 0 Å². The molecule has 6 rings (SSSR count). The van der Waals surface area contributed by atoms with Gasteiger partial charge in [-0.1, -0.05) is 60.7 Å². The van der Waals surface area contributed by atoms with Crippen LogP contribution in [0.3, 0.4) is 0 Å². The van der Waals surface area contributed by atoms with Crippen LogP contribution in [0.1, 0.15) is 63.8 Å². The van der Waals surface area contributed by atoms with Crippen molar-refractivity contribution in [2.24, 2.45) is 0 Å². The maximum atomic E-state index is 12.7. The molecule has 2 amide bonds. The van der Waals surface area contributed by atoms with Crippen LogP contribution in [-0.2, 0) is 45.0 Å². The largest absolute Gasteiger partial charge is 0.443 e. The summed E-state index contributed by atoms with van der Waals surface area (Å²) >= 11 is 0. The molecular formula is C40H48N4O6. The van der Waals surface area contributed by atoms with Crippen LogP contribution in [0.25, 0.3) is 0 Å². The molecule has 0 unspecified atom stereocenters. The van der Waals surface area contributed by atoms with E-state index in [-0.39, 0.29) is 24.3 Å². The Bertz CT molecular complexity index is 1580. The van der Waals surface area contributed by atoms with Gasteiger partial charge in [0.2, 0.25) is 0 Å². The van der Waals surface area contributed by atoms with Gasteiger partial charge in [-0.3, -0.25) is 19.8 Å². The molecule has 0 N–H and O–H groups in total. The summed E-state index contributed by atoms with van der Waals surface area (Å²) in [5, 5.41) is 0. The zero-order valence-electron chi connectivity index (χ0n) is 29.9. The van der Waals surface area contributed by atoms with Gasteiger partial charge < -0.3 is 18.9 Å². The Morgan fingerprint density at radius 3 is 1.36 bits per heavy atom. The van der Waals surface area contributed by atoms with Crippen LogP contribution in [0.15, 0.2) is 97.6 Å². The zero-order chi connectivity index (χ0) is 35.7. The molecular weight excluding hydrogens is 632 g/mol. The monoisotopic (exact) mass is 680 g/mol. The highest BCUT2D eigenvalue weighted by atomic mass is 16.6. The molecule has 0 spiro atoms. The molecule has 2 aliphatic rings. The van der Waals surface area contributed by atoms with Gasteiger partial charge in [-0.2, -0.15) is 0 Å². The maximum absolute atomic E-state index is 12.7. The van der Waals surface area contributed by atoms with E-state index in [0.717, 1.165) is 46.5 Å². The minimum absolute atomic E-state index is 0.0854. The Hall–Kier alpha value is -4.80. The molecule has 2 atom stereocenters. The van der Waals surface area contributed by atoms with E-state index in [2.05, 4.69) is 9.97 Å². The highest BCUT2D eigenvalue weighted by Crippen LogP contribution is 2.34. The fourth-order valence-corrected chi connectivity index (χ4v) is 5.85. The van der Waals surface area contributed by atoms with Crippen molar-refractivity contribution < 1.29 is 28.5 Å². The average Bonchev–Trinajstić information content (AvgIpc) is 3.63. The third-order valence-electron chi connectivity index (χ3n) is 7.96. The minimum atomic E-state index is -0.544. The molecule has 10 heteroatoms. The van der Waals surface area contributed by atoms with Gasteiger partial charge in [0.1, 0.15) is 11.2 Å². The quantitative estimate of drug-likeness (QED) is 0.185. The average molecular weight is 681 g/mol. The van der Waals surface area contributed by atoms with Gasteiger partial charge in [0.05, 0.1) is 62.3 Å². The Kier molecular flexibility index (Phi) is 11.9. The van der Waals surface area contributed by atoms with E-state index in [1.165, 1.54) is 0 Å². The molecule has 264 valence electrons.